The quantitative estimate of drug-likeness (QED) is 0.0637. The van der Waals surface area contributed by atoms with Crippen molar-refractivity contribution in [2.45, 2.75) is 18.9 Å². The number of pyridine rings is 1. The molecule has 1 atom stereocenters. The third-order valence-corrected chi connectivity index (χ3v) is 5.68. The van der Waals surface area contributed by atoms with Crippen LogP contribution in [0.2, 0.25) is 5.02 Å². The van der Waals surface area contributed by atoms with Crippen LogP contribution in [0.15, 0.2) is 74.8 Å². The second-order valence-electron chi connectivity index (χ2n) is 7.83. The molecule has 194 valence electrons. The molecule has 13 nitrogen and oxygen atoms in total. The van der Waals surface area contributed by atoms with Gasteiger partial charge in [0, 0.05) is 50.1 Å². The smallest absolute Gasteiger partial charge is 0.316 e. The molecule has 0 aliphatic carbocycles. The zero-order valence-electron chi connectivity index (χ0n) is 19.7. The fourth-order valence-electron chi connectivity index (χ4n) is 3.68. The van der Waals surface area contributed by atoms with E-state index in [0.717, 1.165) is 23.2 Å². The zero-order valence-corrected chi connectivity index (χ0v) is 20.4. The number of benzene rings is 2. The van der Waals surface area contributed by atoms with E-state index in [9.17, 15) is 24.4 Å². The molecule has 3 aromatic rings. The van der Waals surface area contributed by atoms with E-state index in [2.05, 4.69) is 25.5 Å². The van der Waals surface area contributed by atoms with Gasteiger partial charge in [0.05, 0.1) is 18.2 Å². The minimum atomic E-state index is -1.10. The van der Waals surface area contributed by atoms with Crippen molar-refractivity contribution in [1.29, 1.82) is 0 Å². The topological polar surface area (TPSA) is 205 Å². The van der Waals surface area contributed by atoms with E-state index >= 15 is 0 Å². The first-order valence-electron chi connectivity index (χ1n) is 11.1. The molecule has 1 heterocycles. The van der Waals surface area contributed by atoms with E-state index in [1.807, 2.05) is 0 Å². The summed E-state index contributed by atoms with van der Waals surface area (Å²) >= 11 is 6.10. The summed E-state index contributed by atoms with van der Waals surface area (Å²) in [6, 6.07) is 10.1. The van der Waals surface area contributed by atoms with Crippen LogP contribution in [0.25, 0.3) is 21.6 Å². The van der Waals surface area contributed by atoms with Gasteiger partial charge in [0.15, 0.2) is 0 Å². The normalized spacial score (nSPS) is 11.5. The van der Waals surface area contributed by atoms with Crippen molar-refractivity contribution >= 4 is 41.1 Å². The number of nitrogens with two attached hydrogens (primary N) is 1. The Morgan fingerprint density at radius 2 is 1.92 bits per heavy atom. The van der Waals surface area contributed by atoms with E-state index in [-0.39, 0.29) is 42.0 Å². The summed E-state index contributed by atoms with van der Waals surface area (Å²) in [7, 11) is 0. The Labute approximate surface area is 220 Å². The lowest BCUT2D eigenvalue weighted by Crippen LogP contribution is -2.33. The van der Waals surface area contributed by atoms with E-state index in [1.54, 1.807) is 12.1 Å². The lowest BCUT2D eigenvalue weighted by molar-refractivity contribution is -0.119. The molecule has 2 aromatic carbocycles. The lowest BCUT2D eigenvalue weighted by atomic mass is 10.0. The number of nitrogens with zero attached hydrogens (tertiary/aromatic N) is 6. The Bertz CT molecular complexity index is 1500. The summed E-state index contributed by atoms with van der Waals surface area (Å²) in [5, 5.41) is 19.6. The average Bonchev–Trinajstić information content (AvgIpc) is 2.91. The van der Waals surface area contributed by atoms with E-state index < -0.39 is 23.4 Å². The maximum atomic E-state index is 13.2. The monoisotopic (exact) mass is 536 g/mol. The highest BCUT2D eigenvalue weighted by molar-refractivity contribution is 6.31. The van der Waals surface area contributed by atoms with Gasteiger partial charge in [0.2, 0.25) is 5.91 Å². The highest BCUT2D eigenvalue weighted by atomic mass is 35.5. The molecule has 0 radical (unpaired) electrons. The molecule has 0 bridgehead atoms. The number of rotatable bonds is 10. The number of amides is 2. The van der Waals surface area contributed by atoms with Gasteiger partial charge in [-0.3, -0.25) is 19.0 Å². The van der Waals surface area contributed by atoms with Gasteiger partial charge < -0.3 is 16.2 Å². The van der Waals surface area contributed by atoms with Crippen molar-refractivity contribution in [2.24, 2.45) is 21.0 Å². The first kappa shape index (κ1) is 27.6. The Morgan fingerprint density at radius 3 is 2.58 bits per heavy atom. The third-order valence-electron chi connectivity index (χ3n) is 5.44. The molecule has 4 N–H and O–H groups in total. The number of aromatic nitrogens is 1. The van der Waals surface area contributed by atoms with Gasteiger partial charge in [-0.1, -0.05) is 16.7 Å². The molecule has 0 fully saturated rings. The molecule has 0 saturated carbocycles. The summed E-state index contributed by atoms with van der Waals surface area (Å²) < 4.78 is 1.06. The molecule has 3 rings (SSSR count). The Hall–Kier alpha value is -5.00. The highest BCUT2D eigenvalue weighted by Crippen LogP contribution is 2.37. The number of halogens is 1. The van der Waals surface area contributed by atoms with Crippen LogP contribution < -0.4 is 16.6 Å². The molecule has 38 heavy (non-hydrogen) atoms. The number of carbonyl (C=O) groups excluding carboxylic acids is 2. The zero-order chi connectivity index (χ0) is 27.7. The van der Waals surface area contributed by atoms with Gasteiger partial charge in [0.1, 0.15) is 11.8 Å². The van der Waals surface area contributed by atoms with Gasteiger partial charge in [-0.25, -0.2) is 4.99 Å². The lowest BCUT2D eigenvalue weighted by Gasteiger charge is -2.20. The van der Waals surface area contributed by atoms with Gasteiger partial charge in [-0.2, -0.15) is 0 Å². The predicted octanol–water partition coefficient (Wildman–Crippen LogP) is 4.67. The van der Waals surface area contributed by atoms with Crippen molar-refractivity contribution in [1.82, 2.24) is 4.57 Å². The molecular formula is C24H21ClN8O5. The number of nitrogens with one attached hydrogen (secondary N) is 1. The molecule has 14 heteroatoms. The average molecular weight is 537 g/mol. The van der Waals surface area contributed by atoms with Crippen LogP contribution in [0.5, 0.6) is 5.75 Å². The van der Waals surface area contributed by atoms with Gasteiger partial charge in [-0.05, 0) is 60.8 Å². The van der Waals surface area contributed by atoms with Crippen LogP contribution in [0.3, 0.4) is 0 Å². The predicted molar refractivity (Wildman–Crippen MR) is 143 cm³/mol. The van der Waals surface area contributed by atoms with Gasteiger partial charge >= 0.3 is 5.91 Å². The third kappa shape index (κ3) is 6.60. The van der Waals surface area contributed by atoms with Crippen molar-refractivity contribution in [3.63, 3.8) is 0 Å². The first-order chi connectivity index (χ1) is 18.3. The molecular weight excluding hydrogens is 516 g/mol. The second kappa shape index (κ2) is 12.8. The minimum absolute atomic E-state index is 0.0417. The van der Waals surface area contributed by atoms with Crippen LogP contribution in [0, 0.1) is 4.91 Å². The molecule has 0 saturated heterocycles. The summed E-state index contributed by atoms with van der Waals surface area (Å²) in [4.78, 5) is 54.9. The number of hydrogen-bond acceptors (Lipinski definition) is 7. The first-order valence-corrected chi connectivity index (χ1v) is 11.5. The number of nitroso groups, excluding NO2 is 1. The van der Waals surface area contributed by atoms with Crippen LogP contribution >= 0.6 is 11.6 Å². The SMILES string of the molecule is [N-]=[N+]=NCCCC(C(=O)Nc1ccc(C(=O)N=O)cc1)n1cc(O)c(-c2cc(Cl)ccc2N=CN)cc1=O. The van der Waals surface area contributed by atoms with Crippen molar-refractivity contribution in [3.8, 4) is 16.9 Å². The summed E-state index contributed by atoms with van der Waals surface area (Å²) in [6.07, 6.45) is 2.55. The van der Waals surface area contributed by atoms with E-state index in [4.69, 9.17) is 22.9 Å². The maximum Gasteiger partial charge on any atom is 0.316 e. The minimum Gasteiger partial charge on any atom is -0.506 e. The Kier molecular flexibility index (Phi) is 9.30. The fourth-order valence-corrected chi connectivity index (χ4v) is 3.86. The van der Waals surface area contributed by atoms with Crippen LogP contribution in [0.1, 0.15) is 29.2 Å². The number of carbonyl (C=O) groups is 2. The molecule has 0 aliphatic heterocycles. The van der Waals surface area contributed by atoms with E-state index in [1.165, 1.54) is 30.3 Å². The van der Waals surface area contributed by atoms with Gasteiger partial charge in [-0.15, -0.1) is 4.91 Å². The van der Waals surface area contributed by atoms with Crippen molar-refractivity contribution < 1.29 is 14.7 Å². The molecule has 1 unspecified atom stereocenters. The second-order valence-corrected chi connectivity index (χ2v) is 8.27. The summed E-state index contributed by atoms with van der Waals surface area (Å²) in [5.74, 6) is -1.89. The summed E-state index contributed by atoms with van der Waals surface area (Å²) in [6.45, 7) is 0.0809. The molecule has 1 aromatic heterocycles. The number of azide groups is 1. The standard InChI is InChI=1S/C24H21ClN8O5/c25-15-5-8-19(28-13-26)17(10-15)18-11-22(35)33(12-21(18)34)20(2-1-9-29-32-27)24(37)30-16-6-3-14(4-7-16)23(36)31-38/h3-8,10-13,20,34H,1-2,9H2,(H2,26,28)(H,30,37). The molecule has 0 aliphatic rings. The van der Waals surface area contributed by atoms with E-state index in [0.29, 0.717) is 16.3 Å². The maximum absolute atomic E-state index is 13.2. The number of aromatic hydroxyl groups is 1. The van der Waals surface area contributed by atoms with Crippen molar-refractivity contribution in [3.05, 3.63) is 91.0 Å². The van der Waals surface area contributed by atoms with Crippen molar-refractivity contribution in [2.75, 3.05) is 11.9 Å². The highest BCUT2D eigenvalue weighted by Gasteiger charge is 2.24. The van der Waals surface area contributed by atoms with Gasteiger partial charge in [0.25, 0.3) is 5.56 Å². The van der Waals surface area contributed by atoms with Crippen LogP contribution in [0.4, 0.5) is 11.4 Å². The van der Waals surface area contributed by atoms with Crippen LogP contribution in [-0.4, -0.2) is 34.4 Å². The largest absolute Gasteiger partial charge is 0.506 e. The fraction of sp³-hybridized carbons (Fsp3) is 0.167. The Morgan fingerprint density at radius 1 is 1.18 bits per heavy atom. The number of anilines is 1. The number of aliphatic imine (C=N–C) groups is 1. The Balaban J connectivity index is 1.99. The number of hydrogen-bond donors (Lipinski definition) is 3. The molecule has 0 spiro atoms. The van der Waals surface area contributed by atoms with Crippen LogP contribution in [-0.2, 0) is 4.79 Å². The summed E-state index contributed by atoms with van der Waals surface area (Å²) in [5.41, 5.74) is 14.5. The molecule has 2 amide bonds.